The van der Waals surface area contributed by atoms with Gasteiger partial charge in [-0.2, -0.15) is 5.26 Å². The maximum Gasteiger partial charge on any atom is 0.181 e. The van der Waals surface area contributed by atoms with E-state index in [1.807, 2.05) is 6.07 Å². The van der Waals surface area contributed by atoms with Gasteiger partial charge in [-0.1, -0.05) is 18.2 Å². The second-order valence-corrected chi connectivity index (χ2v) is 11.3. The average Bonchev–Trinajstić information content (AvgIpc) is 3.52. The molecule has 1 aliphatic heterocycles. The van der Waals surface area contributed by atoms with E-state index in [9.17, 15) is 14.8 Å². The van der Waals surface area contributed by atoms with E-state index < -0.39 is 17.2 Å². The summed E-state index contributed by atoms with van der Waals surface area (Å²) in [5, 5.41) is 31.4. The molecule has 2 N–H and O–H groups in total. The number of fused-ring (bicyclic) bond motifs is 2. The van der Waals surface area contributed by atoms with E-state index in [-0.39, 0.29) is 17.7 Å². The Morgan fingerprint density at radius 2 is 2.02 bits per heavy atom. The molecule has 1 aliphatic rings. The highest BCUT2D eigenvalue weighted by Gasteiger charge is 2.27. The Morgan fingerprint density at radius 1 is 1.19 bits per heavy atom. The first-order chi connectivity index (χ1) is 20.2. The van der Waals surface area contributed by atoms with Crippen molar-refractivity contribution in [1.82, 2.24) is 34.7 Å². The second kappa shape index (κ2) is 10.7. The van der Waals surface area contributed by atoms with E-state index >= 15 is 4.39 Å². The number of hydrogen-bond acceptors (Lipinski definition) is 8. The van der Waals surface area contributed by atoms with Crippen LogP contribution in [-0.4, -0.2) is 65.7 Å². The lowest BCUT2D eigenvalue weighted by Crippen LogP contribution is -2.46. The molecule has 1 saturated heterocycles. The fourth-order valence-electron chi connectivity index (χ4n) is 5.68. The first-order valence-electron chi connectivity index (χ1n) is 14.0. The van der Waals surface area contributed by atoms with Gasteiger partial charge in [-0.25, -0.2) is 23.4 Å². The van der Waals surface area contributed by atoms with Crippen LogP contribution in [0.4, 0.5) is 14.6 Å². The molecule has 0 unspecified atom stereocenters. The predicted octanol–water partition coefficient (Wildman–Crippen LogP) is 4.31. The Hall–Kier alpha value is -4.47. The number of likely N-dealkylation sites (N-methyl/N-ethyl adjacent to an activating group) is 1. The quantitative estimate of drug-likeness (QED) is 0.297. The van der Waals surface area contributed by atoms with Gasteiger partial charge in [0.05, 0.1) is 34.6 Å². The van der Waals surface area contributed by atoms with E-state index in [0.717, 1.165) is 32.5 Å². The Kier molecular flexibility index (Phi) is 7.08. The zero-order valence-electron chi connectivity index (χ0n) is 23.6. The molecule has 0 saturated carbocycles. The van der Waals surface area contributed by atoms with Crippen molar-refractivity contribution in [2.45, 2.75) is 51.8 Å². The summed E-state index contributed by atoms with van der Waals surface area (Å²) < 4.78 is 34.1. The number of benzene rings is 2. The van der Waals surface area contributed by atoms with Crippen LogP contribution in [0, 0.1) is 23.0 Å². The average molecular weight is 572 g/mol. The van der Waals surface area contributed by atoms with E-state index in [2.05, 4.69) is 32.4 Å². The van der Waals surface area contributed by atoms with Gasteiger partial charge in [0, 0.05) is 48.7 Å². The molecule has 1 fully saturated rings. The van der Waals surface area contributed by atoms with Gasteiger partial charge in [0.15, 0.2) is 11.5 Å². The molecule has 0 bridgehead atoms. The third-order valence-corrected chi connectivity index (χ3v) is 7.49. The fourth-order valence-corrected chi connectivity index (χ4v) is 5.68. The number of nitrogens with zero attached hydrogens (tertiary/aromatic N) is 8. The lowest BCUT2D eigenvalue weighted by molar-refractivity contribution is 0.0585. The van der Waals surface area contributed by atoms with Gasteiger partial charge in [0.1, 0.15) is 23.2 Å². The normalized spacial score (nSPS) is 15.9. The number of aliphatic hydroxyl groups is 1. The molecule has 3 aromatic heterocycles. The van der Waals surface area contributed by atoms with Gasteiger partial charge in [-0.3, -0.25) is 4.40 Å². The molecule has 42 heavy (non-hydrogen) atoms. The molecule has 0 amide bonds. The lowest BCUT2D eigenvalue weighted by atomic mass is 10.0. The molecule has 0 spiro atoms. The van der Waals surface area contributed by atoms with E-state index in [1.165, 1.54) is 22.9 Å². The van der Waals surface area contributed by atoms with E-state index in [0.29, 0.717) is 45.5 Å². The highest BCUT2D eigenvalue weighted by Crippen LogP contribution is 2.38. The van der Waals surface area contributed by atoms with Crippen LogP contribution in [-0.2, 0) is 6.54 Å². The molecule has 6 rings (SSSR count). The zero-order chi connectivity index (χ0) is 29.6. The molecule has 5 aromatic rings. The Labute approximate surface area is 241 Å². The summed E-state index contributed by atoms with van der Waals surface area (Å²) in [5.41, 5.74) is 1.54. The summed E-state index contributed by atoms with van der Waals surface area (Å²) in [6, 6.07) is 9.33. The Morgan fingerprint density at radius 3 is 2.76 bits per heavy atom. The monoisotopic (exact) mass is 571 g/mol. The van der Waals surface area contributed by atoms with Crippen LogP contribution in [0.3, 0.4) is 0 Å². The van der Waals surface area contributed by atoms with Crippen LogP contribution in [0.5, 0.6) is 0 Å². The molecule has 12 heteroatoms. The van der Waals surface area contributed by atoms with Gasteiger partial charge < -0.3 is 15.3 Å². The van der Waals surface area contributed by atoms with Gasteiger partial charge in [0.25, 0.3) is 0 Å². The summed E-state index contributed by atoms with van der Waals surface area (Å²) in [6.45, 7) is 7.89. The first-order valence-corrected chi connectivity index (χ1v) is 14.0. The minimum absolute atomic E-state index is 0.0924. The molecular formula is C30H31F2N9O. The number of nitrogens with one attached hydrogen (secondary N) is 1. The number of hydrogen-bond donors (Lipinski definition) is 2. The maximum atomic E-state index is 16.1. The van der Waals surface area contributed by atoms with Crippen molar-refractivity contribution in [3.63, 3.8) is 0 Å². The van der Waals surface area contributed by atoms with Crippen molar-refractivity contribution in [2.75, 3.05) is 24.5 Å². The van der Waals surface area contributed by atoms with Crippen LogP contribution in [0.2, 0.25) is 0 Å². The molecule has 4 heterocycles. The molecule has 0 radical (unpaired) electrons. The van der Waals surface area contributed by atoms with Crippen LogP contribution in [0.1, 0.15) is 39.2 Å². The van der Waals surface area contributed by atoms with Gasteiger partial charge in [0.2, 0.25) is 0 Å². The van der Waals surface area contributed by atoms with Crippen LogP contribution >= 0.6 is 0 Å². The SMILES string of the molecule is CCN[C@@H]1CCCN(c2nccn3c(-c4cc5nnn(CC(C)(C)O)c5cc4F)c(-c4ccc(C#N)c(F)c4)nc23)C1. The maximum absolute atomic E-state index is 16.1. The summed E-state index contributed by atoms with van der Waals surface area (Å²) in [4.78, 5) is 11.8. The molecule has 0 aliphatic carbocycles. The summed E-state index contributed by atoms with van der Waals surface area (Å²) in [6.07, 6.45) is 5.41. The van der Waals surface area contributed by atoms with Gasteiger partial charge in [-0.15, -0.1) is 5.10 Å². The van der Waals surface area contributed by atoms with Crippen molar-refractivity contribution in [1.29, 1.82) is 5.26 Å². The van der Waals surface area contributed by atoms with Gasteiger partial charge >= 0.3 is 0 Å². The van der Waals surface area contributed by atoms with Crippen molar-refractivity contribution >= 4 is 22.5 Å². The van der Waals surface area contributed by atoms with Crippen molar-refractivity contribution in [3.05, 3.63) is 59.9 Å². The largest absolute Gasteiger partial charge is 0.389 e. The number of nitriles is 1. The summed E-state index contributed by atoms with van der Waals surface area (Å²) in [7, 11) is 0. The predicted molar refractivity (Wildman–Crippen MR) is 155 cm³/mol. The first kappa shape index (κ1) is 27.7. The van der Waals surface area contributed by atoms with Crippen LogP contribution < -0.4 is 10.2 Å². The molecule has 2 aromatic carbocycles. The standard InChI is InChI=1S/C30H31F2N9O/c1-4-34-20-6-5-10-39(16-20)28-29-36-26(18-7-8-19(15-33)22(31)12-18)27(40(29)11-9-35-28)21-13-24-25(14-23(21)32)41(38-37-24)17-30(2,3)42/h7-9,11-14,20,34,42H,4-6,10,16-17H2,1-3H3/t20-/m1/s1. The summed E-state index contributed by atoms with van der Waals surface area (Å²) >= 11 is 0. The number of imidazole rings is 1. The number of halogens is 2. The highest BCUT2D eigenvalue weighted by atomic mass is 19.1. The zero-order valence-corrected chi connectivity index (χ0v) is 23.6. The highest BCUT2D eigenvalue weighted by molar-refractivity contribution is 5.89. The fraction of sp³-hybridized carbons (Fsp3) is 0.367. The van der Waals surface area contributed by atoms with Crippen LogP contribution in [0.15, 0.2) is 42.7 Å². The second-order valence-electron chi connectivity index (χ2n) is 11.3. The smallest absolute Gasteiger partial charge is 0.181 e. The molecular weight excluding hydrogens is 540 g/mol. The molecule has 216 valence electrons. The van der Waals surface area contributed by atoms with Crippen molar-refractivity contribution in [3.8, 4) is 28.6 Å². The lowest BCUT2D eigenvalue weighted by Gasteiger charge is -2.33. The number of aromatic nitrogens is 6. The minimum atomic E-state index is -1.08. The number of anilines is 1. The number of rotatable bonds is 7. The van der Waals surface area contributed by atoms with Crippen LogP contribution in [0.25, 0.3) is 39.2 Å². The van der Waals surface area contributed by atoms with Crippen molar-refractivity contribution in [2.24, 2.45) is 0 Å². The number of piperidine rings is 1. The topological polar surface area (TPSA) is 120 Å². The molecule has 1 atom stereocenters. The van der Waals surface area contributed by atoms with E-state index in [4.69, 9.17) is 4.98 Å². The van der Waals surface area contributed by atoms with E-state index in [1.54, 1.807) is 42.8 Å². The minimum Gasteiger partial charge on any atom is -0.389 e. The molecule has 10 nitrogen and oxygen atoms in total. The summed E-state index contributed by atoms with van der Waals surface area (Å²) in [5.74, 6) is -0.590. The third-order valence-electron chi connectivity index (χ3n) is 7.49. The third kappa shape index (κ3) is 5.06. The Bertz CT molecular complexity index is 1830. The van der Waals surface area contributed by atoms with Crippen molar-refractivity contribution < 1.29 is 13.9 Å². The Balaban J connectivity index is 1.56. The van der Waals surface area contributed by atoms with Gasteiger partial charge in [-0.05, 0) is 51.4 Å².